The zero-order valence-corrected chi connectivity index (χ0v) is 17.3. The molecule has 7 heteroatoms. The van der Waals surface area contributed by atoms with Gasteiger partial charge in [-0.25, -0.2) is 0 Å². The molecule has 6 nitrogen and oxygen atoms in total. The Kier molecular flexibility index (Phi) is 6.01. The van der Waals surface area contributed by atoms with Crippen LogP contribution in [0.5, 0.6) is 0 Å². The Labute approximate surface area is 159 Å². The van der Waals surface area contributed by atoms with Gasteiger partial charge in [0.05, 0.1) is 4.91 Å². The summed E-state index contributed by atoms with van der Waals surface area (Å²) in [6.07, 6.45) is 1.74. The van der Waals surface area contributed by atoms with Crippen LogP contribution in [0.3, 0.4) is 0 Å². The standard InChI is InChI=1S/C19H27N3O3S/c1-11(2)22(12(3)4)17(23)10-21-18(24)16(26-19(21)25)9-15-8-13(5)20(7)14(15)6/h8-9,11-12H,10H2,1-7H3/b16-9-. The largest absolute Gasteiger partial charge is 0.352 e. The first-order valence-corrected chi connectivity index (χ1v) is 9.55. The third-order valence-electron chi connectivity index (χ3n) is 4.67. The number of rotatable bonds is 5. The Bertz CT molecular complexity index is 769. The molecular formula is C19H27N3O3S. The van der Waals surface area contributed by atoms with Gasteiger partial charge in [0, 0.05) is 30.5 Å². The van der Waals surface area contributed by atoms with Crippen LogP contribution in [0, 0.1) is 13.8 Å². The van der Waals surface area contributed by atoms with Crippen LogP contribution in [0.1, 0.15) is 44.6 Å². The van der Waals surface area contributed by atoms with E-state index < -0.39 is 11.1 Å². The van der Waals surface area contributed by atoms with Crippen molar-refractivity contribution >= 4 is 34.9 Å². The quantitative estimate of drug-likeness (QED) is 0.739. The van der Waals surface area contributed by atoms with Gasteiger partial charge in [-0.2, -0.15) is 0 Å². The Balaban J connectivity index is 2.22. The van der Waals surface area contributed by atoms with Crippen molar-refractivity contribution in [3.05, 3.63) is 27.9 Å². The molecule has 0 bridgehead atoms. The summed E-state index contributed by atoms with van der Waals surface area (Å²) in [6, 6.07) is 1.99. The van der Waals surface area contributed by atoms with E-state index in [1.54, 1.807) is 11.0 Å². The second kappa shape index (κ2) is 7.70. The number of aryl methyl sites for hydroxylation is 1. The molecule has 0 aliphatic carbocycles. The fourth-order valence-corrected chi connectivity index (χ4v) is 4.03. The molecule has 1 fully saturated rings. The van der Waals surface area contributed by atoms with Gasteiger partial charge in [0.25, 0.3) is 11.1 Å². The predicted molar refractivity (Wildman–Crippen MR) is 105 cm³/mol. The first kappa shape index (κ1) is 20.3. The van der Waals surface area contributed by atoms with E-state index in [1.807, 2.05) is 59.2 Å². The summed E-state index contributed by atoms with van der Waals surface area (Å²) in [7, 11) is 1.96. The maximum absolute atomic E-state index is 12.7. The molecule has 2 rings (SSSR count). The summed E-state index contributed by atoms with van der Waals surface area (Å²) in [5.41, 5.74) is 3.01. The molecule has 1 aromatic heterocycles. The van der Waals surface area contributed by atoms with Crippen LogP contribution in [0.4, 0.5) is 4.79 Å². The highest BCUT2D eigenvalue weighted by molar-refractivity contribution is 8.18. The molecule has 1 aliphatic rings. The van der Waals surface area contributed by atoms with Crippen molar-refractivity contribution < 1.29 is 14.4 Å². The highest BCUT2D eigenvalue weighted by Crippen LogP contribution is 2.33. The highest BCUT2D eigenvalue weighted by atomic mass is 32.2. The summed E-state index contributed by atoms with van der Waals surface area (Å²) in [6.45, 7) is 11.4. The lowest BCUT2D eigenvalue weighted by Crippen LogP contribution is -2.48. The minimum Gasteiger partial charge on any atom is -0.352 e. The van der Waals surface area contributed by atoms with Gasteiger partial charge in [0.1, 0.15) is 6.54 Å². The van der Waals surface area contributed by atoms with E-state index in [4.69, 9.17) is 0 Å². The average Bonchev–Trinajstić information content (AvgIpc) is 2.92. The molecule has 26 heavy (non-hydrogen) atoms. The van der Waals surface area contributed by atoms with Gasteiger partial charge in [0.2, 0.25) is 5.91 Å². The van der Waals surface area contributed by atoms with Gasteiger partial charge in [-0.3, -0.25) is 19.3 Å². The van der Waals surface area contributed by atoms with E-state index in [9.17, 15) is 14.4 Å². The van der Waals surface area contributed by atoms with Crippen LogP contribution in [0.2, 0.25) is 0 Å². The van der Waals surface area contributed by atoms with Crippen LogP contribution in [0.25, 0.3) is 6.08 Å². The topological polar surface area (TPSA) is 62.6 Å². The minimum atomic E-state index is -0.401. The molecule has 3 amide bonds. The van der Waals surface area contributed by atoms with Gasteiger partial charge in [-0.05, 0) is 71.0 Å². The van der Waals surface area contributed by atoms with E-state index >= 15 is 0 Å². The van der Waals surface area contributed by atoms with E-state index in [-0.39, 0.29) is 24.5 Å². The lowest BCUT2D eigenvalue weighted by Gasteiger charge is -2.31. The number of hydrogen-bond donors (Lipinski definition) is 0. The second-order valence-corrected chi connectivity index (χ2v) is 8.14. The third-order valence-corrected chi connectivity index (χ3v) is 5.58. The number of thioether (sulfide) groups is 1. The fraction of sp³-hybridized carbons (Fsp3) is 0.526. The zero-order chi connectivity index (χ0) is 19.8. The lowest BCUT2D eigenvalue weighted by atomic mass is 10.2. The number of imide groups is 1. The van der Waals surface area contributed by atoms with Gasteiger partial charge in [-0.15, -0.1) is 0 Å². The number of aromatic nitrogens is 1. The molecule has 0 atom stereocenters. The van der Waals surface area contributed by atoms with Crippen molar-refractivity contribution in [3.63, 3.8) is 0 Å². The van der Waals surface area contributed by atoms with E-state index in [2.05, 4.69) is 0 Å². The van der Waals surface area contributed by atoms with Crippen LogP contribution in [-0.2, 0) is 16.6 Å². The lowest BCUT2D eigenvalue weighted by molar-refractivity contribution is -0.138. The molecule has 2 heterocycles. The number of hydrogen-bond acceptors (Lipinski definition) is 4. The summed E-state index contributed by atoms with van der Waals surface area (Å²) in [4.78, 5) is 40.6. The van der Waals surface area contributed by atoms with E-state index in [0.29, 0.717) is 4.91 Å². The SMILES string of the molecule is Cc1cc(/C=C2\SC(=O)N(CC(=O)N(C(C)C)C(C)C)C2=O)c(C)n1C. The Morgan fingerprint density at radius 1 is 1.19 bits per heavy atom. The zero-order valence-electron chi connectivity index (χ0n) is 16.5. The highest BCUT2D eigenvalue weighted by Gasteiger charge is 2.37. The maximum atomic E-state index is 12.7. The number of nitrogens with zero attached hydrogens (tertiary/aromatic N) is 3. The monoisotopic (exact) mass is 377 g/mol. The van der Waals surface area contributed by atoms with Crippen LogP contribution < -0.4 is 0 Å². The smallest absolute Gasteiger partial charge is 0.294 e. The molecule has 1 aliphatic heterocycles. The second-order valence-electron chi connectivity index (χ2n) is 7.14. The molecular weight excluding hydrogens is 350 g/mol. The molecule has 0 radical (unpaired) electrons. The predicted octanol–water partition coefficient (Wildman–Crippen LogP) is 3.32. The summed E-state index contributed by atoms with van der Waals surface area (Å²) < 4.78 is 2.03. The minimum absolute atomic E-state index is 0.00733. The first-order chi connectivity index (χ1) is 12.0. The summed E-state index contributed by atoms with van der Waals surface area (Å²) in [5, 5.41) is -0.396. The molecule has 0 aromatic carbocycles. The van der Waals surface area contributed by atoms with Crippen molar-refractivity contribution in [2.45, 2.75) is 53.6 Å². The first-order valence-electron chi connectivity index (χ1n) is 8.74. The average molecular weight is 378 g/mol. The van der Waals surface area contributed by atoms with E-state index in [0.717, 1.165) is 33.6 Å². The Morgan fingerprint density at radius 2 is 1.77 bits per heavy atom. The number of carbonyl (C=O) groups is 3. The molecule has 0 unspecified atom stereocenters. The Morgan fingerprint density at radius 3 is 2.23 bits per heavy atom. The molecule has 1 saturated heterocycles. The molecule has 0 saturated carbocycles. The van der Waals surface area contributed by atoms with E-state index in [1.165, 1.54) is 0 Å². The van der Waals surface area contributed by atoms with Crippen molar-refractivity contribution in [1.82, 2.24) is 14.4 Å². The number of amides is 3. The van der Waals surface area contributed by atoms with Crippen LogP contribution in [0.15, 0.2) is 11.0 Å². The molecule has 0 N–H and O–H groups in total. The van der Waals surface area contributed by atoms with Crippen molar-refractivity contribution in [2.24, 2.45) is 7.05 Å². The van der Waals surface area contributed by atoms with Gasteiger partial charge in [0.15, 0.2) is 0 Å². The Hall–Kier alpha value is -2.02. The van der Waals surface area contributed by atoms with Gasteiger partial charge >= 0.3 is 0 Å². The van der Waals surface area contributed by atoms with Crippen molar-refractivity contribution in [3.8, 4) is 0 Å². The molecule has 1 aromatic rings. The number of carbonyl (C=O) groups excluding carboxylic acids is 3. The molecule has 142 valence electrons. The summed E-state index contributed by atoms with van der Waals surface area (Å²) >= 11 is 0.889. The van der Waals surface area contributed by atoms with Crippen molar-refractivity contribution in [2.75, 3.05) is 6.54 Å². The third kappa shape index (κ3) is 3.87. The van der Waals surface area contributed by atoms with Crippen LogP contribution in [-0.4, -0.2) is 50.0 Å². The fourth-order valence-electron chi connectivity index (χ4n) is 3.20. The summed E-state index contributed by atoms with van der Waals surface area (Å²) in [5.74, 6) is -0.619. The van der Waals surface area contributed by atoms with Gasteiger partial charge < -0.3 is 9.47 Å². The van der Waals surface area contributed by atoms with Crippen molar-refractivity contribution in [1.29, 1.82) is 0 Å². The maximum Gasteiger partial charge on any atom is 0.294 e. The normalized spacial score (nSPS) is 16.5. The van der Waals surface area contributed by atoms with Crippen LogP contribution >= 0.6 is 11.8 Å². The van der Waals surface area contributed by atoms with Gasteiger partial charge in [-0.1, -0.05) is 0 Å². The molecule has 0 spiro atoms.